The third kappa shape index (κ3) is 12.1. The molecule has 0 aromatic carbocycles. The van der Waals surface area contributed by atoms with Gasteiger partial charge in [0.2, 0.25) is 0 Å². The van der Waals surface area contributed by atoms with Crippen LogP contribution in [0.3, 0.4) is 0 Å². The summed E-state index contributed by atoms with van der Waals surface area (Å²) >= 11 is 0. The van der Waals surface area contributed by atoms with Crippen LogP contribution in [0.5, 0.6) is 0 Å². The quantitative estimate of drug-likeness (QED) is 0.0362. The monoisotopic (exact) mass is 730 g/mol. The van der Waals surface area contributed by atoms with E-state index in [0.29, 0.717) is 37.7 Å². The van der Waals surface area contributed by atoms with Gasteiger partial charge in [0.1, 0.15) is 12.2 Å². The van der Waals surface area contributed by atoms with Gasteiger partial charge in [0, 0.05) is 31.3 Å². The molecule has 3 fully saturated rings. The number of carbonyl (C=O) groups excluding carboxylic acids is 2. The van der Waals surface area contributed by atoms with E-state index < -0.39 is 34.4 Å². The lowest BCUT2D eigenvalue weighted by atomic mass is 9.61. The fourth-order valence-corrected chi connectivity index (χ4v) is 8.27. The van der Waals surface area contributed by atoms with Crippen LogP contribution in [0, 0.1) is 10.8 Å². The Balaban J connectivity index is 1.64. The van der Waals surface area contributed by atoms with Gasteiger partial charge in [-0.15, -0.1) is 5.73 Å². The highest BCUT2D eigenvalue weighted by molar-refractivity contribution is 5.96. The van der Waals surface area contributed by atoms with Crippen molar-refractivity contribution in [3.8, 4) is 0 Å². The number of allylic oxidation sites excluding steroid dienone is 13. The Hall–Kier alpha value is -3.32. The molecule has 0 aromatic rings. The summed E-state index contributed by atoms with van der Waals surface area (Å²) in [6.07, 6.45) is 25.7. The predicted octanol–water partition coefficient (Wildman–Crippen LogP) is 9.23. The van der Waals surface area contributed by atoms with Crippen LogP contribution in [0.25, 0.3) is 0 Å². The fraction of sp³-hybridized carbons (Fsp3) is 0.587. The first-order chi connectivity index (χ1) is 24.7. The normalized spacial score (nSPS) is 30.5. The fourth-order valence-electron chi connectivity index (χ4n) is 8.27. The maximum absolute atomic E-state index is 13.1. The smallest absolute Gasteiger partial charge is 0.306 e. The second-order valence-electron chi connectivity index (χ2n) is 17.2. The SMILES string of the molecule is CCCCCC(=O)OC\C(C=C=C1C(C)(C)CC(O)CC1(C)O)=C/C=C/C(C)=C/C=C/C=C(C)/C=C/C=C(\C)C(=O)CC12OC1(C)CC(O)CC2(C)C. The molecule has 3 aliphatic rings. The molecule has 292 valence electrons. The molecule has 0 amide bonds. The van der Waals surface area contributed by atoms with Crippen LogP contribution < -0.4 is 0 Å². The number of hydrogen-bond acceptors (Lipinski definition) is 7. The molecule has 53 heavy (non-hydrogen) atoms. The lowest BCUT2D eigenvalue weighted by Crippen LogP contribution is -2.48. The number of Topliss-reactive ketones (excluding diaryl/α,β-unsaturated/α-hetero) is 1. The van der Waals surface area contributed by atoms with Crippen molar-refractivity contribution in [2.24, 2.45) is 10.8 Å². The molecule has 3 rings (SSSR count). The molecule has 2 saturated carbocycles. The number of ketones is 1. The molecule has 0 aromatic heterocycles. The number of hydrogen-bond donors (Lipinski definition) is 3. The molecule has 7 heteroatoms. The average Bonchev–Trinajstić information content (AvgIpc) is 3.64. The van der Waals surface area contributed by atoms with Gasteiger partial charge < -0.3 is 24.8 Å². The highest BCUT2D eigenvalue weighted by Gasteiger charge is 2.76. The molecule has 1 aliphatic heterocycles. The highest BCUT2D eigenvalue weighted by Crippen LogP contribution is 2.67. The van der Waals surface area contributed by atoms with E-state index in [-0.39, 0.29) is 30.2 Å². The van der Waals surface area contributed by atoms with Crippen molar-refractivity contribution in [1.29, 1.82) is 0 Å². The number of ether oxygens (including phenoxy) is 2. The van der Waals surface area contributed by atoms with Crippen LogP contribution in [0.15, 0.2) is 100 Å². The van der Waals surface area contributed by atoms with Crippen LogP contribution in [0.4, 0.5) is 0 Å². The Morgan fingerprint density at radius 3 is 2.02 bits per heavy atom. The second-order valence-corrected chi connectivity index (χ2v) is 17.2. The third-order valence-electron chi connectivity index (χ3n) is 11.1. The van der Waals surface area contributed by atoms with Crippen molar-refractivity contribution in [1.82, 2.24) is 0 Å². The zero-order chi connectivity index (χ0) is 39.7. The van der Waals surface area contributed by atoms with Crippen molar-refractivity contribution >= 4 is 11.8 Å². The molecule has 0 radical (unpaired) electrons. The van der Waals surface area contributed by atoms with E-state index in [9.17, 15) is 24.9 Å². The Labute approximate surface area is 319 Å². The van der Waals surface area contributed by atoms with Crippen molar-refractivity contribution in [3.63, 3.8) is 0 Å². The van der Waals surface area contributed by atoms with Crippen LogP contribution in [-0.2, 0) is 19.1 Å². The minimum Gasteiger partial charge on any atom is -0.461 e. The number of rotatable bonds is 16. The van der Waals surface area contributed by atoms with Gasteiger partial charge in [-0.05, 0) is 81.9 Å². The van der Waals surface area contributed by atoms with Crippen molar-refractivity contribution in [2.45, 2.75) is 156 Å². The molecule has 7 nitrogen and oxygen atoms in total. The maximum Gasteiger partial charge on any atom is 0.306 e. The Bertz CT molecular complexity index is 1600. The molecule has 5 unspecified atom stereocenters. The van der Waals surface area contributed by atoms with E-state index in [1.165, 1.54) is 0 Å². The summed E-state index contributed by atoms with van der Waals surface area (Å²) in [7, 11) is 0. The van der Waals surface area contributed by atoms with Crippen LogP contribution in [0.1, 0.15) is 127 Å². The average molecular weight is 731 g/mol. The first-order valence-electron chi connectivity index (χ1n) is 19.4. The summed E-state index contributed by atoms with van der Waals surface area (Å²) in [5.41, 5.74) is 4.63. The number of epoxide rings is 1. The summed E-state index contributed by atoms with van der Waals surface area (Å²) < 4.78 is 11.8. The van der Waals surface area contributed by atoms with E-state index in [2.05, 4.69) is 26.5 Å². The van der Waals surface area contributed by atoms with E-state index in [0.717, 1.165) is 41.6 Å². The molecular weight excluding hydrogens is 664 g/mol. The van der Waals surface area contributed by atoms with Gasteiger partial charge in [0.25, 0.3) is 0 Å². The van der Waals surface area contributed by atoms with Gasteiger partial charge in [-0.1, -0.05) is 119 Å². The topological polar surface area (TPSA) is 117 Å². The van der Waals surface area contributed by atoms with Gasteiger partial charge in [0.05, 0.1) is 23.4 Å². The van der Waals surface area contributed by atoms with E-state index >= 15 is 0 Å². The Morgan fingerprint density at radius 2 is 1.43 bits per heavy atom. The number of unbranched alkanes of at least 4 members (excludes halogenated alkanes) is 2. The predicted molar refractivity (Wildman–Crippen MR) is 214 cm³/mol. The molecule has 0 bridgehead atoms. The van der Waals surface area contributed by atoms with Crippen LogP contribution >= 0.6 is 0 Å². The number of carbonyl (C=O) groups is 2. The first kappa shape index (κ1) is 44.1. The number of aliphatic hydroxyl groups is 3. The molecule has 2 aliphatic carbocycles. The number of esters is 1. The summed E-state index contributed by atoms with van der Waals surface area (Å²) in [6.45, 7) is 19.9. The standard InChI is InChI=1S/C46H66O7/c1-11-12-13-24-41(50)52-32-36(25-26-40-42(5,6)27-37(47)29-44(40,9)51)23-17-21-34(3)19-15-14-18-33(2)20-16-22-35(4)39(49)31-46-43(7,8)28-38(48)30-45(46,10)53-46/h14-23,25,37-38,47-48,51H,11-13,24,27-32H2,1-10H3/b15-14+,20-16+,21-17+,33-18+,34-19+,35-22+,36-23-. The van der Waals surface area contributed by atoms with Gasteiger partial charge in [0.15, 0.2) is 5.78 Å². The number of aliphatic hydroxyl groups excluding tert-OH is 2. The first-order valence-corrected chi connectivity index (χ1v) is 19.4. The van der Waals surface area contributed by atoms with E-state index in [1.807, 2.05) is 102 Å². The third-order valence-corrected chi connectivity index (χ3v) is 11.1. The zero-order valence-electron chi connectivity index (χ0n) is 34.1. The summed E-state index contributed by atoms with van der Waals surface area (Å²) in [6, 6.07) is 0. The minimum atomic E-state index is -1.19. The lowest BCUT2D eigenvalue weighted by Gasteiger charge is -2.43. The molecule has 1 saturated heterocycles. The molecule has 0 spiro atoms. The minimum absolute atomic E-state index is 0.0681. The number of fused-ring (bicyclic) bond motifs is 1. The highest BCUT2D eigenvalue weighted by atomic mass is 16.6. The van der Waals surface area contributed by atoms with Gasteiger partial charge >= 0.3 is 5.97 Å². The molecule has 5 atom stereocenters. The molecular formula is C46H66O7. The van der Waals surface area contributed by atoms with Crippen LogP contribution in [-0.4, -0.2) is 62.7 Å². The Morgan fingerprint density at radius 1 is 0.830 bits per heavy atom. The second kappa shape index (κ2) is 18.3. The Kier molecular flexibility index (Phi) is 15.3. The summed E-state index contributed by atoms with van der Waals surface area (Å²) in [4.78, 5) is 25.5. The van der Waals surface area contributed by atoms with Crippen LogP contribution in [0.2, 0.25) is 0 Å². The largest absolute Gasteiger partial charge is 0.461 e. The van der Waals surface area contributed by atoms with Crippen molar-refractivity contribution < 1.29 is 34.4 Å². The maximum atomic E-state index is 13.1. The zero-order valence-corrected chi connectivity index (χ0v) is 34.1. The molecule has 1 heterocycles. The van der Waals surface area contributed by atoms with Gasteiger partial charge in [-0.2, -0.15) is 0 Å². The van der Waals surface area contributed by atoms with Crippen molar-refractivity contribution in [3.05, 3.63) is 100 Å². The lowest BCUT2D eigenvalue weighted by molar-refractivity contribution is -0.142. The van der Waals surface area contributed by atoms with Gasteiger partial charge in [-0.3, -0.25) is 9.59 Å². The van der Waals surface area contributed by atoms with Crippen molar-refractivity contribution in [2.75, 3.05) is 6.61 Å². The van der Waals surface area contributed by atoms with E-state index in [1.54, 1.807) is 13.0 Å². The van der Waals surface area contributed by atoms with Gasteiger partial charge in [-0.25, -0.2) is 0 Å². The summed E-state index contributed by atoms with van der Waals surface area (Å²) in [5, 5.41) is 31.7. The molecule has 3 N–H and O–H groups in total. The summed E-state index contributed by atoms with van der Waals surface area (Å²) in [5.74, 6) is -0.165. The van der Waals surface area contributed by atoms with E-state index in [4.69, 9.17) is 9.47 Å².